The molecule has 82 valence electrons. The van der Waals surface area contributed by atoms with Gasteiger partial charge in [-0.2, -0.15) is 0 Å². The third-order valence-electron chi connectivity index (χ3n) is 1.14. The Morgan fingerprint density at radius 2 is 1.57 bits per heavy atom. The van der Waals surface area contributed by atoms with Crippen molar-refractivity contribution in [3.63, 3.8) is 0 Å². The topological polar surface area (TPSA) is 35.2 Å². The lowest BCUT2D eigenvalue weighted by atomic mass is 10.3. The van der Waals surface area contributed by atoms with Gasteiger partial charge >= 0.3 is 6.36 Å². The fourth-order valence-corrected chi connectivity index (χ4v) is 0.698. The number of para-hydroxylation sites is 2. The lowest BCUT2D eigenvalue weighted by Crippen LogP contribution is -2.17. The highest BCUT2D eigenvalue weighted by Crippen LogP contribution is 2.27. The first-order valence-electron chi connectivity index (χ1n) is 3.09. The van der Waals surface area contributed by atoms with E-state index in [1.807, 2.05) is 0 Å². The van der Waals surface area contributed by atoms with Crippen LogP contribution < -0.4 is 10.5 Å². The predicted octanol–water partition coefficient (Wildman–Crippen LogP) is 3.01. The first-order chi connectivity index (χ1) is 5.49. The molecule has 0 amide bonds. The second kappa shape index (κ2) is 5.82. The van der Waals surface area contributed by atoms with Gasteiger partial charge in [-0.15, -0.1) is 38.0 Å². The van der Waals surface area contributed by atoms with E-state index in [-0.39, 0.29) is 36.3 Å². The Kier molecular flexibility index (Phi) is 6.51. The summed E-state index contributed by atoms with van der Waals surface area (Å²) in [6.45, 7) is 0. The summed E-state index contributed by atoms with van der Waals surface area (Å²) in [6.07, 6.45) is -4.69. The first-order valence-corrected chi connectivity index (χ1v) is 3.09. The Labute approximate surface area is 91.1 Å². The lowest BCUT2D eigenvalue weighted by Gasteiger charge is -2.09. The fraction of sp³-hybridized carbons (Fsp3) is 0.143. The van der Waals surface area contributed by atoms with Crippen LogP contribution in [-0.2, 0) is 0 Å². The van der Waals surface area contributed by atoms with Gasteiger partial charge in [0.05, 0.1) is 5.69 Å². The summed E-state index contributed by atoms with van der Waals surface area (Å²) in [5.74, 6) is -0.370. The van der Waals surface area contributed by atoms with Crippen molar-refractivity contribution >= 4 is 30.5 Å². The number of hydrogen-bond acceptors (Lipinski definition) is 2. The molecule has 0 aromatic heterocycles. The zero-order valence-corrected chi connectivity index (χ0v) is 8.38. The van der Waals surface area contributed by atoms with Crippen molar-refractivity contribution in [3.05, 3.63) is 24.3 Å². The van der Waals surface area contributed by atoms with E-state index in [9.17, 15) is 13.2 Å². The van der Waals surface area contributed by atoms with Gasteiger partial charge in [0.2, 0.25) is 0 Å². The van der Waals surface area contributed by atoms with Crippen molar-refractivity contribution in [2.45, 2.75) is 6.36 Å². The summed E-state index contributed by atoms with van der Waals surface area (Å²) in [5, 5.41) is 0. The number of halogens is 5. The lowest BCUT2D eigenvalue weighted by molar-refractivity contribution is -0.274. The van der Waals surface area contributed by atoms with E-state index in [1.165, 1.54) is 18.2 Å². The largest absolute Gasteiger partial charge is 0.573 e. The van der Waals surface area contributed by atoms with Crippen LogP contribution in [0.15, 0.2) is 24.3 Å². The number of benzene rings is 1. The molecule has 1 aromatic carbocycles. The third-order valence-corrected chi connectivity index (χ3v) is 1.14. The summed E-state index contributed by atoms with van der Waals surface area (Å²) in [6, 6.07) is 5.43. The minimum Gasteiger partial charge on any atom is -0.404 e. The number of nitrogen functional groups attached to an aromatic ring is 1. The van der Waals surface area contributed by atoms with Crippen molar-refractivity contribution in [2.75, 3.05) is 5.73 Å². The molecule has 0 aliphatic heterocycles. The van der Waals surface area contributed by atoms with Crippen molar-refractivity contribution in [2.24, 2.45) is 0 Å². The maximum Gasteiger partial charge on any atom is 0.573 e. The molecule has 0 atom stereocenters. The molecule has 14 heavy (non-hydrogen) atoms. The Hall–Kier alpha value is -0.810. The van der Waals surface area contributed by atoms with E-state index < -0.39 is 6.36 Å². The number of hydrogen-bond donors (Lipinski definition) is 1. The zero-order valence-electron chi connectivity index (χ0n) is 6.75. The highest BCUT2D eigenvalue weighted by Gasteiger charge is 2.31. The molecule has 0 aliphatic rings. The van der Waals surface area contributed by atoms with E-state index in [4.69, 9.17) is 5.73 Å². The smallest absolute Gasteiger partial charge is 0.404 e. The summed E-state index contributed by atoms with van der Waals surface area (Å²) in [5.41, 5.74) is 5.17. The molecule has 0 unspecified atom stereocenters. The standard InChI is InChI=1S/C7H6F3NO.2ClH/c8-7(9,10)12-6-4-2-1-3-5(6)11;;/h1-4H,11H2;2*1H. The molecule has 0 radical (unpaired) electrons. The molecule has 2 N–H and O–H groups in total. The van der Waals surface area contributed by atoms with Crippen LogP contribution in [0.5, 0.6) is 5.75 Å². The number of ether oxygens (including phenoxy) is 1. The number of nitrogens with two attached hydrogens (primary N) is 1. The van der Waals surface area contributed by atoms with Crippen LogP contribution in [0.25, 0.3) is 0 Å². The van der Waals surface area contributed by atoms with Crippen LogP contribution in [0.1, 0.15) is 0 Å². The average molecular weight is 250 g/mol. The molecule has 0 fully saturated rings. The first kappa shape index (κ1) is 15.7. The molecular formula is C7H8Cl2F3NO. The molecule has 2 nitrogen and oxygen atoms in total. The molecular weight excluding hydrogens is 242 g/mol. The van der Waals surface area contributed by atoms with E-state index in [2.05, 4.69) is 4.74 Å². The van der Waals surface area contributed by atoms with E-state index in [0.29, 0.717) is 0 Å². The summed E-state index contributed by atoms with van der Waals surface area (Å²) >= 11 is 0. The van der Waals surface area contributed by atoms with Gasteiger partial charge in [0.15, 0.2) is 5.75 Å². The van der Waals surface area contributed by atoms with Crippen molar-refractivity contribution in [1.82, 2.24) is 0 Å². The summed E-state index contributed by atoms with van der Waals surface area (Å²) < 4.78 is 38.5. The van der Waals surface area contributed by atoms with E-state index >= 15 is 0 Å². The second-order valence-corrected chi connectivity index (χ2v) is 2.09. The minimum absolute atomic E-state index is 0. The van der Waals surface area contributed by atoms with Gasteiger partial charge in [0.1, 0.15) is 0 Å². The highest BCUT2D eigenvalue weighted by atomic mass is 35.5. The monoisotopic (exact) mass is 249 g/mol. The minimum atomic E-state index is -4.69. The predicted molar refractivity (Wildman–Crippen MR) is 52.0 cm³/mol. The summed E-state index contributed by atoms with van der Waals surface area (Å²) in [7, 11) is 0. The third kappa shape index (κ3) is 5.04. The Bertz CT molecular complexity index is 280. The molecule has 1 aromatic rings. The van der Waals surface area contributed by atoms with Crippen molar-refractivity contribution in [1.29, 1.82) is 0 Å². The van der Waals surface area contributed by atoms with Gasteiger partial charge in [-0.25, -0.2) is 0 Å². The van der Waals surface area contributed by atoms with E-state index in [1.54, 1.807) is 0 Å². The molecule has 0 bridgehead atoms. The molecule has 0 saturated carbocycles. The van der Waals surface area contributed by atoms with Crippen LogP contribution in [-0.4, -0.2) is 6.36 Å². The molecule has 7 heteroatoms. The average Bonchev–Trinajstić information content (AvgIpc) is 1.91. The van der Waals surface area contributed by atoms with Gasteiger partial charge in [-0.05, 0) is 12.1 Å². The molecule has 0 heterocycles. The molecule has 1 rings (SSSR count). The number of anilines is 1. The Morgan fingerprint density at radius 3 is 2.00 bits per heavy atom. The van der Waals surface area contributed by atoms with Gasteiger partial charge < -0.3 is 10.5 Å². The quantitative estimate of drug-likeness (QED) is 0.777. The van der Waals surface area contributed by atoms with Gasteiger partial charge in [0, 0.05) is 0 Å². The second-order valence-electron chi connectivity index (χ2n) is 2.09. The van der Waals surface area contributed by atoms with Crippen LogP contribution in [0.2, 0.25) is 0 Å². The highest BCUT2D eigenvalue weighted by molar-refractivity contribution is 5.85. The molecule has 0 aliphatic carbocycles. The Balaban J connectivity index is 0. The zero-order chi connectivity index (χ0) is 9.19. The number of alkyl halides is 3. The SMILES string of the molecule is Cl.Cl.Nc1ccccc1OC(F)(F)F. The van der Waals surface area contributed by atoms with Gasteiger partial charge in [0.25, 0.3) is 0 Å². The van der Waals surface area contributed by atoms with Crippen molar-refractivity contribution in [3.8, 4) is 5.75 Å². The number of rotatable bonds is 1. The van der Waals surface area contributed by atoms with E-state index in [0.717, 1.165) is 6.07 Å². The molecule has 0 saturated heterocycles. The Morgan fingerprint density at radius 1 is 1.07 bits per heavy atom. The van der Waals surface area contributed by atoms with Crippen molar-refractivity contribution < 1.29 is 17.9 Å². The van der Waals surface area contributed by atoms with Crippen LogP contribution in [0, 0.1) is 0 Å². The maximum atomic E-state index is 11.6. The normalized spacial score (nSPS) is 9.64. The van der Waals surface area contributed by atoms with Crippen LogP contribution in [0.3, 0.4) is 0 Å². The van der Waals surface area contributed by atoms with Crippen LogP contribution in [0.4, 0.5) is 18.9 Å². The summed E-state index contributed by atoms with van der Waals surface area (Å²) in [4.78, 5) is 0. The van der Waals surface area contributed by atoms with Gasteiger partial charge in [-0.1, -0.05) is 12.1 Å². The van der Waals surface area contributed by atoms with Gasteiger partial charge in [-0.3, -0.25) is 0 Å². The maximum absolute atomic E-state index is 11.6. The van der Waals surface area contributed by atoms with Crippen LogP contribution >= 0.6 is 24.8 Å². The molecule has 0 spiro atoms. The fourth-order valence-electron chi connectivity index (χ4n) is 0.698.